The van der Waals surface area contributed by atoms with Crippen molar-refractivity contribution >= 4 is 0 Å². The molecule has 3 N–H and O–H groups in total. The van der Waals surface area contributed by atoms with Gasteiger partial charge in [0.15, 0.2) is 0 Å². The largest absolute Gasteiger partial charge is 0.392 e. The van der Waals surface area contributed by atoms with E-state index in [9.17, 15) is 5.11 Å². The van der Waals surface area contributed by atoms with Gasteiger partial charge in [-0.05, 0) is 25.8 Å². The van der Waals surface area contributed by atoms with Crippen LogP contribution in [0, 0.1) is 0 Å². The summed E-state index contributed by atoms with van der Waals surface area (Å²) in [6.45, 7) is 6.37. The van der Waals surface area contributed by atoms with E-state index in [-0.39, 0.29) is 6.10 Å². The molecule has 0 saturated carbocycles. The van der Waals surface area contributed by atoms with Crippen molar-refractivity contribution in [2.24, 2.45) is 5.73 Å². The van der Waals surface area contributed by atoms with Gasteiger partial charge in [-0.1, -0.05) is 0 Å². The molecule has 0 aromatic rings. The summed E-state index contributed by atoms with van der Waals surface area (Å²) in [4.78, 5) is 4.81. The Hall–Kier alpha value is -0.160. The number of aliphatic hydroxyl groups is 1. The molecule has 88 valence electrons. The summed E-state index contributed by atoms with van der Waals surface area (Å²) in [6, 6.07) is 0.378. The molecule has 2 rings (SSSR count). The molecule has 4 nitrogen and oxygen atoms in total. The first kappa shape index (κ1) is 11.3. The van der Waals surface area contributed by atoms with Crippen LogP contribution >= 0.6 is 0 Å². The maximum atomic E-state index is 9.40. The second kappa shape index (κ2) is 5.25. The van der Waals surface area contributed by atoms with Gasteiger partial charge in [0.25, 0.3) is 0 Å². The summed E-state index contributed by atoms with van der Waals surface area (Å²) in [5.41, 5.74) is 5.94. The van der Waals surface area contributed by atoms with Crippen molar-refractivity contribution < 1.29 is 5.11 Å². The van der Waals surface area contributed by atoms with E-state index in [2.05, 4.69) is 9.80 Å². The molecule has 4 heteroatoms. The normalized spacial score (nSPS) is 34.8. The van der Waals surface area contributed by atoms with E-state index in [0.717, 1.165) is 39.1 Å². The smallest absolute Gasteiger partial charge is 0.0679 e. The van der Waals surface area contributed by atoms with Crippen LogP contribution in [0.5, 0.6) is 0 Å². The predicted molar refractivity (Wildman–Crippen MR) is 60.7 cm³/mol. The maximum absolute atomic E-state index is 9.40. The highest BCUT2D eigenvalue weighted by Crippen LogP contribution is 2.11. The molecule has 0 radical (unpaired) electrons. The fourth-order valence-electron chi connectivity index (χ4n) is 2.59. The van der Waals surface area contributed by atoms with Gasteiger partial charge in [-0.15, -0.1) is 0 Å². The van der Waals surface area contributed by atoms with E-state index in [1.54, 1.807) is 0 Å². The number of nitrogens with two attached hydrogens (primary N) is 1. The van der Waals surface area contributed by atoms with Crippen LogP contribution in [0.15, 0.2) is 0 Å². The zero-order chi connectivity index (χ0) is 10.7. The van der Waals surface area contributed by atoms with Gasteiger partial charge in [-0.3, -0.25) is 4.90 Å². The molecule has 0 spiro atoms. The van der Waals surface area contributed by atoms with Gasteiger partial charge in [0.2, 0.25) is 0 Å². The van der Waals surface area contributed by atoms with Crippen molar-refractivity contribution in [3.8, 4) is 0 Å². The third-order valence-electron chi connectivity index (χ3n) is 3.52. The van der Waals surface area contributed by atoms with Crippen molar-refractivity contribution in [1.29, 1.82) is 0 Å². The van der Waals surface area contributed by atoms with Crippen molar-refractivity contribution in [2.45, 2.75) is 31.4 Å². The molecule has 0 aliphatic carbocycles. The summed E-state index contributed by atoms with van der Waals surface area (Å²) in [7, 11) is 0. The molecule has 15 heavy (non-hydrogen) atoms. The number of hydrogen-bond acceptors (Lipinski definition) is 4. The lowest BCUT2D eigenvalue weighted by molar-refractivity contribution is 0.157. The average Bonchev–Trinajstić information content (AvgIpc) is 2.62. The van der Waals surface area contributed by atoms with E-state index in [1.807, 2.05) is 0 Å². The van der Waals surface area contributed by atoms with Crippen LogP contribution in [0.1, 0.15) is 19.3 Å². The molecule has 2 fully saturated rings. The van der Waals surface area contributed by atoms with Gasteiger partial charge in [-0.25, -0.2) is 0 Å². The topological polar surface area (TPSA) is 52.7 Å². The summed E-state index contributed by atoms with van der Waals surface area (Å²) < 4.78 is 0. The first-order chi connectivity index (χ1) is 7.24. The Kier molecular flexibility index (Phi) is 3.97. The van der Waals surface area contributed by atoms with E-state index < -0.39 is 0 Å². The predicted octanol–water partition coefficient (Wildman–Crippen LogP) is -0.524. The summed E-state index contributed by atoms with van der Waals surface area (Å²) >= 11 is 0. The molecule has 1 unspecified atom stereocenters. The van der Waals surface area contributed by atoms with Gasteiger partial charge >= 0.3 is 0 Å². The molecule has 2 aliphatic rings. The number of nitrogens with zero attached hydrogens (tertiary/aromatic N) is 2. The monoisotopic (exact) mass is 213 g/mol. The molecular weight excluding hydrogens is 190 g/mol. The van der Waals surface area contributed by atoms with Crippen LogP contribution < -0.4 is 5.73 Å². The Balaban J connectivity index is 1.64. The zero-order valence-electron chi connectivity index (χ0n) is 9.44. The molecule has 0 aromatic heterocycles. The first-order valence-electron chi connectivity index (χ1n) is 6.12. The maximum Gasteiger partial charge on any atom is 0.0679 e. The van der Waals surface area contributed by atoms with Crippen LogP contribution in [0.4, 0.5) is 0 Å². The Morgan fingerprint density at radius 1 is 1.07 bits per heavy atom. The van der Waals surface area contributed by atoms with Gasteiger partial charge < -0.3 is 15.7 Å². The quantitative estimate of drug-likeness (QED) is 0.662. The van der Waals surface area contributed by atoms with Crippen LogP contribution in [-0.4, -0.2) is 66.3 Å². The van der Waals surface area contributed by atoms with E-state index in [4.69, 9.17) is 5.73 Å². The highest BCUT2D eigenvalue weighted by Gasteiger charge is 2.21. The van der Waals surface area contributed by atoms with Gasteiger partial charge in [0.1, 0.15) is 0 Å². The second-order valence-corrected chi connectivity index (χ2v) is 4.95. The summed E-state index contributed by atoms with van der Waals surface area (Å²) in [5, 5.41) is 9.40. The minimum absolute atomic E-state index is 0.0892. The highest BCUT2D eigenvalue weighted by molar-refractivity contribution is 4.78. The van der Waals surface area contributed by atoms with Crippen LogP contribution in [-0.2, 0) is 0 Å². The number of aliphatic hydroxyl groups excluding tert-OH is 1. The van der Waals surface area contributed by atoms with Crippen molar-refractivity contribution in [2.75, 3.05) is 39.3 Å². The Morgan fingerprint density at radius 3 is 2.40 bits per heavy atom. The van der Waals surface area contributed by atoms with Gasteiger partial charge in [-0.2, -0.15) is 0 Å². The molecule has 2 atom stereocenters. The van der Waals surface area contributed by atoms with Gasteiger partial charge in [0.05, 0.1) is 6.10 Å². The number of likely N-dealkylation sites (tertiary alicyclic amines) is 2. The average molecular weight is 213 g/mol. The molecule has 2 saturated heterocycles. The molecule has 0 aromatic carbocycles. The van der Waals surface area contributed by atoms with E-state index in [1.165, 1.54) is 19.4 Å². The minimum atomic E-state index is -0.0892. The molecule has 0 amide bonds. The van der Waals surface area contributed by atoms with Crippen molar-refractivity contribution in [3.05, 3.63) is 0 Å². The SMILES string of the molecule is N[C@@H]1CCCN(CCN2CCC(O)C2)C1. The lowest BCUT2D eigenvalue weighted by Gasteiger charge is -2.31. The highest BCUT2D eigenvalue weighted by atomic mass is 16.3. The third-order valence-corrected chi connectivity index (χ3v) is 3.52. The van der Waals surface area contributed by atoms with E-state index >= 15 is 0 Å². The second-order valence-electron chi connectivity index (χ2n) is 4.95. The van der Waals surface area contributed by atoms with Crippen LogP contribution in [0.25, 0.3) is 0 Å². The fourth-order valence-corrected chi connectivity index (χ4v) is 2.59. The Bertz CT molecular complexity index is 200. The number of rotatable bonds is 3. The number of hydrogen-bond donors (Lipinski definition) is 2. The minimum Gasteiger partial charge on any atom is -0.392 e. The van der Waals surface area contributed by atoms with Crippen LogP contribution in [0.3, 0.4) is 0 Å². The molecule has 0 bridgehead atoms. The lowest BCUT2D eigenvalue weighted by Crippen LogP contribution is -2.45. The number of β-amino-alcohol motifs (C(OH)–C–C–N with tert-alkyl or cyclic N) is 1. The fraction of sp³-hybridized carbons (Fsp3) is 1.00. The molecular formula is C11H23N3O. The third kappa shape index (κ3) is 3.41. The zero-order valence-corrected chi connectivity index (χ0v) is 9.44. The summed E-state index contributed by atoms with van der Waals surface area (Å²) in [6.07, 6.45) is 3.27. The lowest BCUT2D eigenvalue weighted by atomic mass is 10.1. The first-order valence-corrected chi connectivity index (χ1v) is 6.12. The standard InChI is InChI=1S/C11H23N3O/c12-10-2-1-4-13(8-10)6-7-14-5-3-11(15)9-14/h10-11,15H,1-9,12H2/t10-,11?/m1/s1. The van der Waals surface area contributed by atoms with Crippen molar-refractivity contribution in [3.63, 3.8) is 0 Å². The molecule has 2 heterocycles. The Labute approximate surface area is 92.0 Å². The molecule has 2 aliphatic heterocycles. The van der Waals surface area contributed by atoms with Gasteiger partial charge in [0, 0.05) is 38.8 Å². The summed E-state index contributed by atoms with van der Waals surface area (Å²) in [5.74, 6) is 0. The van der Waals surface area contributed by atoms with Crippen molar-refractivity contribution in [1.82, 2.24) is 9.80 Å². The Morgan fingerprint density at radius 2 is 1.80 bits per heavy atom. The van der Waals surface area contributed by atoms with E-state index in [0.29, 0.717) is 6.04 Å². The van der Waals surface area contributed by atoms with Crippen LogP contribution in [0.2, 0.25) is 0 Å². The number of piperidine rings is 1.